The summed E-state index contributed by atoms with van der Waals surface area (Å²) in [6.45, 7) is 2.16. The third-order valence-electron chi connectivity index (χ3n) is 5.11. The molecule has 3 unspecified atom stereocenters. The van der Waals surface area contributed by atoms with Gasteiger partial charge in [-0.3, -0.25) is 4.79 Å². The van der Waals surface area contributed by atoms with Crippen molar-refractivity contribution < 1.29 is 17.9 Å². The van der Waals surface area contributed by atoms with Gasteiger partial charge in [-0.05, 0) is 49.9 Å². The van der Waals surface area contributed by atoms with Crippen LogP contribution in [0, 0.1) is 0 Å². The van der Waals surface area contributed by atoms with E-state index in [0.29, 0.717) is 17.6 Å². The van der Waals surface area contributed by atoms with Gasteiger partial charge in [0, 0.05) is 19.6 Å². The number of rotatable bonds is 10. The Hall–Kier alpha value is -1.84. The monoisotopic (exact) mass is 441 g/mol. The Morgan fingerprint density at radius 1 is 1.38 bits per heavy atom. The summed E-state index contributed by atoms with van der Waals surface area (Å²) in [6, 6.07) is 10.1. The van der Waals surface area contributed by atoms with Crippen LogP contribution in [0.1, 0.15) is 51.0 Å². The van der Waals surface area contributed by atoms with Crippen molar-refractivity contribution in [3.05, 3.63) is 35.9 Å². The number of carbonyl (C=O) groups excluding carboxylic acids is 1. The number of carbonyl (C=O) groups is 1. The highest BCUT2D eigenvalue weighted by Gasteiger charge is 2.55. The molecule has 0 aliphatic heterocycles. The van der Waals surface area contributed by atoms with E-state index in [-0.39, 0.29) is 11.5 Å². The molecule has 7 nitrogen and oxygen atoms in total. The summed E-state index contributed by atoms with van der Waals surface area (Å²) in [5.74, 6) is 0. The Bertz CT molecular complexity index is 763. The number of hydrogen-bond acceptors (Lipinski definition) is 6. The number of methoxy groups -OCH3 is 1. The molecule has 1 aromatic carbocycles. The lowest BCUT2D eigenvalue weighted by Crippen LogP contribution is -2.30. The van der Waals surface area contributed by atoms with Crippen LogP contribution in [0.4, 0.5) is 0 Å². The fourth-order valence-corrected chi connectivity index (χ4v) is 4.03. The molecule has 0 heterocycles. The van der Waals surface area contributed by atoms with Crippen molar-refractivity contribution in [3.63, 3.8) is 0 Å². The standard InChI is InChI=1S/C17H25NO3S.C3H6N2OS/c1-3-8-15(21-2)11-7-12-17(13-16(17)18-22(19)20)14-9-5-4-6-10-14;1-4-3(7)5-2-6/h4-6,9-10,15-16H,3,7-8,11-13H2,1-2H3;2H,1H3,(H2,4,5,6,7). The molecule has 0 bridgehead atoms. The lowest BCUT2D eigenvalue weighted by atomic mass is 9.88. The SMILES string of the molecule is CCCC(CCCC1(c2ccccc2)CC1N=S(=O)=O)OC.CNC(=S)NC=O. The Balaban J connectivity index is 0.000000516. The van der Waals surface area contributed by atoms with Gasteiger partial charge in [-0.25, -0.2) is 0 Å². The summed E-state index contributed by atoms with van der Waals surface area (Å²) in [5.41, 5.74) is 1.12. The Morgan fingerprint density at radius 2 is 2.07 bits per heavy atom. The van der Waals surface area contributed by atoms with Crippen LogP contribution in [0.5, 0.6) is 0 Å². The van der Waals surface area contributed by atoms with Gasteiger partial charge < -0.3 is 15.4 Å². The number of ether oxygens (including phenoxy) is 1. The molecular weight excluding hydrogens is 410 g/mol. The number of benzene rings is 1. The highest BCUT2D eigenvalue weighted by Crippen LogP contribution is 2.54. The van der Waals surface area contributed by atoms with E-state index in [4.69, 9.17) is 4.74 Å². The van der Waals surface area contributed by atoms with Gasteiger partial charge in [-0.1, -0.05) is 43.7 Å². The van der Waals surface area contributed by atoms with Crippen LogP contribution in [0.15, 0.2) is 34.7 Å². The van der Waals surface area contributed by atoms with Crippen LogP contribution in [0.25, 0.3) is 0 Å². The average Bonchev–Trinajstić information content (AvgIpc) is 3.41. The molecule has 2 N–H and O–H groups in total. The summed E-state index contributed by atoms with van der Waals surface area (Å²) in [5, 5.41) is 5.13. The fraction of sp³-hybridized carbons (Fsp3) is 0.600. The van der Waals surface area contributed by atoms with E-state index < -0.39 is 10.5 Å². The molecule has 1 aliphatic rings. The average molecular weight is 442 g/mol. The zero-order valence-corrected chi connectivity index (χ0v) is 18.9. The van der Waals surface area contributed by atoms with Crippen LogP contribution in [0.3, 0.4) is 0 Å². The Morgan fingerprint density at radius 3 is 2.55 bits per heavy atom. The van der Waals surface area contributed by atoms with Crippen LogP contribution >= 0.6 is 12.2 Å². The van der Waals surface area contributed by atoms with Crippen molar-refractivity contribution in [2.24, 2.45) is 4.36 Å². The summed E-state index contributed by atoms with van der Waals surface area (Å²) in [4.78, 5) is 9.54. The first-order valence-electron chi connectivity index (χ1n) is 9.73. The summed E-state index contributed by atoms with van der Waals surface area (Å²) in [6.07, 6.45) is 6.88. The maximum atomic E-state index is 10.9. The van der Waals surface area contributed by atoms with E-state index in [1.165, 1.54) is 5.56 Å². The molecule has 162 valence electrons. The molecule has 3 atom stereocenters. The van der Waals surface area contributed by atoms with E-state index >= 15 is 0 Å². The van der Waals surface area contributed by atoms with Crippen LogP contribution < -0.4 is 10.6 Å². The van der Waals surface area contributed by atoms with E-state index in [9.17, 15) is 13.2 Å². The summed E-state index contributed by atoms with van der Waals surface area (Å²) in [7, 11) is 1.08. The van der Waals surface area contributed by atoms with Crippen molar-refractivity contribution >= 4 is 34.2 Å². The molecular formula is C20H31N3O4S2. The lowest BCUT2D eigenvalue weighted by Gasteiger charge is -2.19. The highest BCUT2D eigenvalue weighted by atomic mass is 32.2. The smallest absolute Gasteiger partial charge is 0.311 e. The first-order chi connectivity index (χ1) is 13.9. The minimum absolute atomic E-state index is 0.0914. The maximum absolute atomic E-state index is 10.9. The molecule has 0 spiro atoms. The van der Waals surface area contributed by atoms with Gasteiger partial charge in [0.1, 0.15) is 0 Å². The first-order valence-corrected chi connectivity index (χ1v) is 11.2. The zero-order chi connectivity index (χ0) is 21.7. The predicted molar refractivity (Wildman–Crippen MR) is 118 cm³/mol. The van der Waals surface area contributed by atoms with Gasteiger partial charge in [0.2, 0.25) is 6.41 Å². The highest BCUT2D eigenvalue weighted by molar-refractivity contribution is 7.80. The van der Waals surface area contributed by atoms with Crippen LogP contribution in [-0.2, 0) is 25.4 Å². The predicted octanol–water partition coefficient (Wildman–Crippen LogP) is 2.98. The number of thiocarbonyl (C=S) groups is 1. The maximum Gasteiger partial charge on any atom is 0.311 e. The molecule has 2 rings (SSSR count). The first kappa shape index (κ1) is 25.2. The number of nitrogens with zero attached hydrogens (tertiary/aromatic N) is 1. The second-order valence-electron chi connectivity index (χ2n) is 6.94. The fourth-order valence-electron chi connectivity index (χ4n) is 3.49. The van der Waals surface area contributed by atoms with E-state index in [1.807, 2.05) is 18.2 Å². The number of amides is 1. The van der Waals surface area contributed by atoms with Gasteiger partial charge in [0.25, 0.3) is 0 Å². The molecule has 1 aliphatic carbocycles. The van der Waals surface area contributed by atoms with Crippen molar-refractivity contribution in [1.29, 1.82) is 0 Å². The van der Waals surface area contributed by atoms with Crippen LogP contribution in [-0.4, -0.2) is 46.2 Å². The molecule has 0 radical (unpaired) electrons. The largest absolute Gasteiger partial charge is 0.381 e. The second kappa shape index (κ2) is 13.4. The molecule has 29 heavy (non-hydrogen) atoms. The van der Waals surface area contributed by atoms with E-state index in [2.05, 4.69) is 46.3 Å². The van der Waals surface area contributed by atoms with Gasteiger partial charge in [0.05, 0.1) is 12.1 Å². The number of hydrogen-bond donors (Lipinski definition) is 2. The van der Waals surface area contributed by atoms with Gasteiger partial charge in [-0.2, -0.15) is 12.8 Å². The minimum Gasteiger partial charge on any atom is -0.381 e. The van der Waals surface area contributed by atoms with Crippen molar-refractivity contribution in [2.45, 2.75) is 63.0 Å². The molecule has 0 aromatic heterocycles. The molecule has 0 saturated heterocycles. The molecule has 1 amide bonds. The van der Waals surface area contributed by atoms with Gasteiger partial charge in [0.15, 0.2) is 5.11 Å². The summed E-state index contributed by atoms with van der Waals surface area (Å²) < 4.78 is 31.2. The van der Waals surface area contributed by atoms with Crippen molar-refractivity contribution in [1.82, 2.24) is 10.6 Å². The zero-order valence-electron chi connectivity index (χ0n) is 17.3. The quantitative estimate of drug-likeness (QED) is 0.428. The van der Waals surface area contributed by atoms with Gasteiger partial charge in [-0.15, -0.1) is 0 Å². The molecule has 1 aromatic rings. The third-order valence-corrected chi connectivity index (χ3v) is 5.86. The van der Waals surface area contributed by atoms with Crippen molar-refractivity contribution in [3.8, 4) is 0 Å². The summed E-state index contributed by atoms with van der Waals surface area (Å²) >= 11 is 4.50. The normalized spacial score (nSPS) is 20.4. The number of nitrogens with one attached hydrogen (secondary N) is 2. The lowest BCUT2D eigenvalue weighted by molar-refractivity contribution is -0.108. The van der Waals surface area contributed by atoms with E-state index in [0.717, 1.165) is 38.5 Å². The topological polar surface area (TPSA) is 96.9 Å². The Kier molecular flexibility index (Phi) is 11.6. The molecule has 1 fully saturated rings. The van der Waals surface area contributed by atoms with Crippen molar-refractivity contribution in [2.75, 3.05) is 14.2 Å². The Labute approximate surface area is 180 Å². The minimum atomic E-state index is -2.32. The molecule has 1 saturated carbocycles. The molecule has 9 heteroatoms. The van der Waals surface area contributed by atoms with Crippen LogP contribution in [0.2, 0.25) is 0 Å². The van der Waals surface area contributed by atoms with Gasteiger partial charge >= 0.3 is 10.5 Å². The second-order valence-corrected chi connectivity index (χ2v) is 8.00. The van der Waals surface area contributed by atoms with E-state index in [1.54, 1.807) is 14.2 Å². The third kappa shape index (κ3) is 8.59.